The monoisotopic (exact) mass is 388 g/mol. The molecule has 8 nitrogen and oxygen atoms in total. The fourth-order valence-electron chi connectivity index (χ4n) is 3.28. The van der Waals surface area contributed by atoms with Gasteiger partial charge in [0.25, 0.3) is 0 Å². The van der Waals surface area contributed by atoms with Gasteiger partial charge in [-0.1, -0.05) is 6.07 Å². The van der Waals surface area contributed by atoms with Gasteiger partial charge in [0.05, 0.1) is 9.79 Å². The molecule has 25 heavy (non-hydrogen) atoms. The number of carboxylic acid groups (broad SMARTS) is 1. The van der Waals surface area contributed by atoms with Crippen LogP contribution in [-0.2, 0) is 24.8 Å². The highest BCUT2D eigenvalue weighted by atomic mass is 32.2. The van der Waals surface area contributed by atoms with Crippen molar-refractivity contribution in [1.82, 2.24) is 8.61 Å². The second kappa shape index (κ2) is 6.67. The van der Waals surface area contributed by atoms with E-state index in [2.05, 4.69) is 0 Å². The zero-order chi connectivity index (χ0) is 18.2. The quantitative estimate of drug-likeness (QED) is 0.795. The van der Waals surface area contributed by atoms with Gasteiger partial charge in [-0.05, 0) is 43.9 Å². The second-order valence-electron chi connectivity index (χ2n) is 6.20. The maximum absolute atomic E-state index is 12.8. The fraction of sp³-hybridized carbons (Fsp3) is 0.533. The Kier molecular flexibility index (Phi) is 4.89. The van der Waals surface area contributed by atoms with E-state index in [9.17, 15) is 26.7 Å². The molecular weight excluding hydrogens is 368 g/mol. The Balaban J connectivity index is 1.97. The third kappa shape index (κ3) is 3.31. The number of aliphatic carboxylic acids is 1. The topological polar surface area (TPSA) is 112 Å². The van der Waals surface area contributed by atoms with Crippen LogP contribution in [0.25, 0.3) is 0 Å². The summed E-state index contributed by atoms with van der Waals surface area (Å²) < 4.78 is 53.2. The normalized spacial score (nSPS) is 23.1. The van der Waals surface area contributed by atoms with Crippen LogP contribution in [0.1, 0.15) is 25.7 Å². The minimum Gasteiger partial charge on any atom is -0.480 e. The number of sulfonamides is 2. The summed E-state index contributed by atoms with van der Waals surface area (Å²) in [5.74, 6) is -1.19. The van der Waals surface area contributed by atoms with E-state index in [0.29, 0.717) is 19.5 Å². The van der Waals surface area contributed by atoms with Crippen LogP contribution in [0, 0.1) is 0 Å². The van der Waals surface area contributed by atoms with E-state index in [4.69, 9.17) is 0 Å². The van der Waals surface area contributed by atoms with Crippen molar-refractivity contribution in [2.24, 2.45) is 0 Å². The lowest BCUT2D eigenvalue weighted by Crippen LogP contribution is -2.40. The summed E-state index contributed by atoms with van der Waals surface area (Å²) in [7, 11) is -7.81. The molecule has 0 spiro atoms. The van der Waals surface area contributed by atoms with Gasteiger partial charge in [-0.3, -0.25) is 4.79 Å². The van der Waals surface area contributed by atoms with E-state index >= 15 is 0 Å². The van der Waals surface area contributed by atoms with Crippen molar-refractivity contribution < 1.29 is 26.7 Å². The van der Waals surface area contributed by atoms with E-state index in [1.807, 2.05) is 0 Å². The van der Waals surface area contributed by atoms with Crippen LogP contribution in [0.15, 0.2) is 34.1 Å². The lowest BCUT2D eigenvalue weighted by Gasteiger charge is -2.21. The maximum atomic E-state index is 12.8. The lowest BCUT2D eigenvalue weighted by atomic mass is 10.2. The zero-order valence-corrected chi connectivity index (χ0v) is 15.2. The van der Waals surface area contributed by atoms with Gasteiger partial charge in [-0.2, -0.15) is 8.61 Å². The molecular formula is C15H20N2O6S2. The van der Waals surface area contributed by atoms with Crippen LogP contribution >= 0.6 is 0 Å². The predicted octanol–water partition coefficient (Wildman–Crippen LogP) is 0.709. The number of carbonyl (C=O) groups is 1. The Morgan fingerprint density at radius 1 is 0.960 bits per heavy atom. The molecule has 10 heteroatoms. The molecule has 1 N–H and O–H groups in total. The highest BCUT2D eigenvalue weighted by Crippen LogP contribution is 2.28. The Labute approximate surface area is 147 Å². The number of carboxylic acids is 1. The summed E-state index contributed by atoms with van der Waals surface area (Å²) in [4.78, 5) is 11.0. The average Bonchev–Trinajstić information content (AvgIpc) is 3.26. The molecule has 1 aromatic rings. The first kappa shape index (κ1) is 18.3. The Morgan fingerprint density at radius 2 is 1.56 bits per heavy atom. The number of hydrogen-bond acceptors (Lipinski definition) is 5. The zero-order valence-electron chi connectivity index (χ0n) is 13.5. The van der Waals surface area contributed by atoms with Gasteiger partial charge < -0.3 is 5.11 Å². The van der Waals surface area contributed by atoms with Crippen LogP contribution in [0.4, 0.5) is 0 Å². The van der Waals surface area contributed by atoms with Crippen LogP contribution in [0.2, 0.25) is 0 Å². The Morgan fingerprint density at radius 3 is 2.16 bits per heavy atom. The van der Waals surface area contributed by atoms with Crippen LogP contribution in [0.3, 0.4) is 0 Å². The number of nitrogens with zero attached hydrogens (tertiary/aromatic N) is 2. The van der Waals surface area contributed by atoms with Crippen molar-refractivity contribution in [3.05, 3.63) is 24.3 Å². The number of rotatable bonds is 5. The molecule has 0 saturated carbocycles. The van der Waals surface area contributed by atoms with E-state index < -0.39 is 32.1 Å². The molecule has 2 saturated heterocycles. The molecule has 0 aliphatic carbocycles. The Hall–Kier alpha value is -1.49. The average molecular weight is 388 g/mol. The molecule has 2 aliphatic heterocycles. The standard InChI is InChI=1S/C15H20N2O6S2/c18-15(19)14-7-4-10-17(14)25(22,23)13-6-3-5-12(11-13)24(20,21)16-8-1-2-9-16/h3,5-6,11,14H,1-2,4,7-10H2,(H,18,19)/t14-/m0/s1. The molecule has 0 amide bonds. The SMILES string of the molecule is O=C(O)[C@@H]1CCCN1S(=O)(=O)c1cccc(S(=O)(=O)N2CCCC2)c1. The van der Waals surface area contributed by atoms with Crippen LogP contribution < -0.4 is 0 Å². The summed E-state index contributed by atoms with van der Waals surface area (Å²) in [5.41, 5.74) is 0. The summed E-state index contributed by atoms with van der Waals surface area (Å²) in [6.45, 7) is 0.960. The minimum atomic E-state index is -4.07. The first-order valence-corrected chi connectivity index (χ1v) is 11.0. The van der Waals surface area contributed by atoms with Gasteiger partial charge >= 0.3 is 5.97 Å². The number of benzene rings is 1. The molecule has 1 atom stereocenters. The van der Waals surface area contributed by atoms with Gasteiger partial charge in [0.15, 0.2) is 0 Å². The van der Waals surface area contributed by atoms with Gasteiger partial charge in [-0.25, -0.2) is 16.8 Å². The van der Waals surface area contributed by atoms with Crippen LogP contribution in [-0.4, -0.2) is 62.2 Å². The minimum absolute atomic E-state index is 0.0819. The van der Waals surface area contributed by atoms with Crippen LogP contribution in [0.5, 0.6) is 0 Å². The highest BCUT2D eigenvalue weighted by Gasteiger charge is 2.40. The van der Waals surface area contributed by atoms with Crippen molar-refractivity contribution >= 4 is 26.0 Å². The summed E-state index contributed by atoms with van der Waals surface area (Å²) in [6.07, 6.45) is 2.28. The first-order valence-electron chi connectivity index (χ1n) is 8.09. The smallest absolute Gasteiger partial charge is 0.322 e. The van der Waals surface area contributed by atoms with E-state index in [1.165, 1.54) is 22.5 Å². The molecule has 2 heterocycles. The largest absolute Gasteiger partial charge is 0.480 e. The van der Waals surface area contributed by atoms with Crippen molar-refractivity contribution in [3.63, 3.8) is 0 Å². The van der Waals surface area contributed by atoms with Gasteiger partial charge in [0.2, 0.25) is 20.0 Å². The molecule has 0 aromatic heterocycles. The van der Waals surface area contributed by atoms with E-state index in [1.54, 1.807) is 0 Å². The first-order chi connectivity index (χ1) is 11.7. The predicted molar refractivity (Wildman–Crippen MR) is 89.0 cm³/mol. The van der Waals surface area contributed by atoms with Crippen molar-refractivity contribution in [2.45, 2.75) is 41.5 Å². The number of hydrogen-bond donors (Lipinski definition) is 1. The summed E-state index contributed by atoms with van der Waals surface area (Å²) >= 11 is 0. The maximum Gasteiger partial charge on any atom is 0.322 e. The highest BCUT2D eigenvalue weighted by molar-refractivity contribution is 7.90. The summed E-state index contributed by atoms with van der Waals surface area (Å²) in [6, 6.07) is 4.06. The van der Waals surface area contributed by atoms with Crippen molar-refractivity contribution in [3.8, 4) is 0 Å². The van der Waals surface area contributed by atoms with Gasteiger partial charge in [0, 0.05) is 19.6 Å². The Bertz CT molecular complexity index is 875. The van der Waals surface area contributed by atoms with Gasteiger partial charge in [0.1, 0.15) is 6.04 Å². The molecule has 2 fully saturated rings. The lowest BCUT2D eigenvalue weighted by molar-refractivity contribution is -0.140. The molecule has 2 aliphatic rings. The van der Waals surface area contributed by atoms with Crippen molar-refractivity contribution in [2.75, 3.05) is 19.6 Å². The van der Waals surface area contributed by atoms with E-state index in [-0.39, 0.29) is 22.8 Å². The molecule has 3 rings (SSSR count). The third-order valence-electron chi connectivity index (χ3n) is 4.60. The molecule has 0 unspecified atom stereocenters. The molecule has 0 bridgehead atoms. The van der Waals surface area contributed by atoms with Crippen molar-refractivity contribution in [1.29, 1.82) is 0 Å². The van der Waals surface area contributed by atoms with Gasteiger partial charge in [-0.15, -0.1) is 0 Å². The second-order valence-corrected chi connectivity index (χ2v) is 10.0. The fourth-order valence-corrected chi connectivity index (χ4v) is 6.62. The molecule has 0 radical (unpaired) electrons. The summed E-state index contributed by atoms with van der Waals surface area (Å²) in [5, 5.41) is 9.21. The molecule has 1 aromatic carbocycles. The molecule has 138 valence electrons. The third-order valence-corrected chi connectivity index (χ3v) is 8.40. The van der Waals surface area contributed by atoms with E-state index in [0.717, 1.165) is 23.2 Å².